The first-order valence-corrected chi connectivity index (χ1v) is 7.83. The molecule has 1 saturated heterocycles. The van der Waals surface area contributed by atoms with Crippen LogP contribution in [-0.2, 0) is 4.79 Å². The molecule has 2 rings (SSSR count). The molecule has 20 heavy (non-hydrogen) atoms. The zero-order valence-corrected chi connectivity index (χ0v) is 13.3. The number of carbonyl (C=O) groups is 1. The molecule has 1 heterocycles. The molecule has 1 aliphatic rings. The second-order valence-electron chi connectivity index (χ2n) is 5.43. The van der Waals surface area contributed by atoms with Gasteiger partial charge in [0.1, 0.15) is 0 Å². The van der Waals surface area contributed by atoms with Gasteiger partial charge in [0.25, 0.3) is 0 Å². The van der Waals surface area contributed by atoms with Gasteiger partial charge in [0.15, 0.2) is 0 Å². The largest absolute Gasteiger partial charge is 0.339 e. The van der Waals surface area contributed by atoms with Crippen molar-refractivity contribution < 1.29 is 4.79 Å². The Bertz CT molecular complexity index is 482. The van der Waals surface area contributed by atoms with Crippen molar-refractivity contribution >= 4 is 27.9 Å². The van der Waals surface area contributed by atoms with Gasteiger partial charge in [-0.2, -0.15) is 0 Å². The van der Waals surface area contributed by atoms with E-state index in [2.05, 4.69) is 15.9 Å². The number of hydrogen-bond acceptors (Lipinski definition) is 2. The number of piperidine rings is 1. The van der Waals surface area contributed by atoms with Crippen molar-refractivity contribution in [1.82, 2.24) is 4.90 Å². The second-order valence-corrected chi connectivity index (χ2v) is 6.35. The van der Waals surface area contributed by atoms with E-state index in [1.165, 1.54) is 0 Å². The Labute approximate surface area is 129 Å². The first-order chi connectivity index (χ1) is 9.56. The number of halogens is 1. The van der Waals surface area contributed by atoms with Crippen molar-refractivity contribution in [3.63, 3.8) is 0 Å². The molecule has 3 nitrogen and oxygen atoms in total. The Kier molecular flexibility index (Phi) is 5.38. The van der Waals surface area contributed by atoms with Gasteiger partial charge in [-0.05, 0) is 49.5 Å². The zero-order chi connectivity index (χ0) is 14.5. The molecule has 0 aliphatic carbocycles. The average molecular weight is 337 g/mol. The van der Waals surface area contributed by atoms with E-state index in [0.717, 1.165) is 36.0 Å². The standard InChI is InChI=1S/C16H21BrN2O/c1-12(18)14-3-2-10-19(11-14)16(20)9-6-13-4-7-15(17)8-5-13/h4-9,12,14H,2-3,10-11,18H2,1H3/b9-6+. The number of hydrogen-bond donors (Lipinski definition) is 1. The highest BCUT2D eigenvalue weighted by molar-refractivity contribution is 9.10. The number of nitrogens with zero attached hydrogens (tertiary/aromatic N) is 1. The molecule has 0 saturated carbocycles. The van der Waals surface area contributed by atoms with Crippen LogP contribution < -0.4 is 5.73 Å². The van der Waals surface area contributed by atoms with E-state index in [1.54, 1.807) is 6.08 Å². The molecule has 1 fully saturated rings. The summed E-state index contributed by atoms with van der Waals surface area (Å²) in [7, 11) is 0. The summed E-state index contributed by atoms with van der Waals surface area (Å²) >= 11 is 3.40. The van der Waals surface area contributed by atoms with E-state index < -0.39 is 0 Å². The molecule has 1 aromatic carbocycles. The van der Waals surface area contributed by atoms with Gasteiger partial charge in [-0.25, -0.2) is 0 Å². The summed E-state index contributed by atoms with van der Waals surface area (Å²) in [5, 5.41) is 0. The first-order valence-electron chi connectivity index (χ1n) is 7.04. The van der Waals surface area contributed by atoms with E-state index >= 15 is 0 Å². The highest BCUT2D eigenvalue weighted by Crippen LogP contribution is 2.19. The van der Waals surface area contributed by atoms with Crippen LogP contribution in [0.5, 0.6) is 0 Å². The first kappa shape index (κ1) is 15.3. The maximum absolute atomic E-state index is 12.2. The summed E-state index contributed by atoms with van der Waals surface area (Å²) in [6, 6.07) is 8.05. The molecule has 1 amide bonds. The highest BCUT2D eigenvalue weighted by Gasteiger charge is 2.24. The Hall–Kier alpha value is -1.13. The van der Waals surface area contributed by atoms with Gasteiger partial charge in [0, 0.05) is 29.7 Å². The quantitative estimate of drug-likeness (QED) is 0.862. The monoisotopic (exact) mass is 336 g/mol. The van der Waals surface area contributed by atoms with Gasteiger partial charge in [0.05, 0.1) is 0 Å². The van der Waals surface area contributed by atoms with Crippen molar-refractivity contribution in [2.75, 3.05) is 13.1 Å². The van der Waals surface area contributed by atoms with Crippen LogP contribution in [0, 0.1) is 5.92 Å². The molecule has 1 aliphatic heterocycles. The Morgan fingerprint density at radius 3 is 2.80 bits per heavy atom. The summed E-state index contributed by atoms with van der Waals surface area (Å²) in [6.45, 7) is 3.64. The van der Waals surface area contributed by atoms with Gasteiger partial charge < -0.3 is 10.6 Å². The molecule has 0 bridgehead atoms. The highest BCUT2D eigenvalue weighted by atomic mass is 79.9. The maximum Gasteiger partial charge on any atom is 0.246 e. The van der Waals surface area contributed by atoms with Gasteiger partial charge in [0.2, 0.25) is 5.91 Å². The number of benzene rings is 1. The fourth-order valence-corrected chi connectivity index (χ4v) is 2.75. The van der Waals surface area contributed by atoms with Gasteiger partial charge in [-0.3, -0.25) is 4.79 Å². The number of amides is 1. The predicted octanol–water partition coefficient (Wildman–Crippen LogP) is 3.05. The molecule has 4 heteroatoms. The summed E-state index contributed by atoms with van der Waals surface area (Å²) in [5.41, 5.74) is 6.98. The van der Waals surface area contributed by atoms with Gasteiger partial charge in [-0.1, -0.05) is 28.1 Å². The van der Waals surface area contributed by atoms with Crippen molar-refractivity contribution in [2.24, 2.45) is 11.7 Å². The van der Waals surface area contributed by atoms with E-state index in [9.17, 15) is 4.79 Å². The van der Waals surface area contributed by atoms with Gasteiger partial charge in [-0.15, -0.1) is 0 Å². The van der Waals surface area contributed by atoms with Crippen LogP contribution in [0.4, 0.5) is 0 Å². The fourth-order valence-electron chi connectivity index (χ4n) is 2.49. The third-order valence-electron chi connectivity index (χ3n) is 3.80. The molecular weight excluding hydrogens is 316 g/mol. The maximum atomic E-state index is 12.2. The van der Waals surface area contributed by atoms with Crippen LogP contribution in [0.15, 0.2) is 34.8 Å². The molecular formula is C16H21BrN2O. The van der Waals surface area contributed by atoms with Crippen molar-refractivity contribution in [3.05, 3.63) is 40.4 Å². The van der Waals surface area contributed by atoms with Gasteiger partial charge >= 0.3 is 0 Å². The average Bonchev–Trinajstić information content (AvgIpc) is 2.46. The normalized spacial score (nSPS) is 21.1. The minimum atomic E-state index is 0.0817. The lowest BCUT2D eigenvalue weighted by Crippen LogP contribution is -2.44. The molecule has 2 unspecified atom stereocenters. The third kappa shape index (κ3) is 4.18. The number of rotatable bonds is 3. The number of nitrogens with two attached hydrogens (primary N) is 1. The van der Waals surface area contributed by atoms with E-state index in [0.29, 0.717) is 5.92 Å². The number of carbonyl (C=O) groups excluding carboxylic acids is 1. The predicted molar refractivity (Wildman–Crippen MR) is 86.1 cm³/mol. The summed E-state index contributed by atoms with van der Waals surface area (Å²) in [5.74, 6) is 0.507. The molecule has 0 spiro atoms. The smallest absolute Gasteiger partial charge is 0.246 e. The van der Waals surface area contributed by atoms with Crippen LogP contribution in [0.3, 0.4) is 0 Å². The minimum Gasteiger partial charge on any atom is -0.339 e. The summed E-state index contributed by atoms with van der Waals surface area (Å²) in [6.07, 6.45) is 5.69. The SMILES string of the molecule is CC(N)C1CCCN(C(=O)/C=C/c2ccc(Br)cc2)C1. The Morgan fingerprint density at radius 1 is 1.45 bits per heavy atom. The van der Waals surface area contributed by atoms with Crippen molar-refractivity contribution in [2.45, 2.75) is 25.8 Å². The fraction of sp³-hybridized carbons (Fsp3) is 0.438. The van der Waals surface area contributed by atoms with Crippen LogP contribution >= 0.6 is 15.9 Å². The van der Waals surface area contributed by atoms with Crippen molar-refractivity contribution in [3.8, 4) is 0 Å². The summed E-state index contributed by atoms with van der Waals surface area (Å²) < 4.78 is 1.04. The van der Waals surface area contributed by atoms with Crippen LogP contribution in [0.2, 0.25) is 0 Å². The lowest BCUT2D eigenvalue weighted by molar-refractivity contribution is -0.127. The summed E-state index contributed by atoms with van der Waals surface area (Å²) in [4.78, 5) is 14.1. The molecule has 2 atom stereocenters. The van der Waals surface area contributed by atoms with Crippen LogP contribution in [-0.4, -0.2) is 29.9 Å². The van der Waals surface area contributed by atoms with E-state index in [4.69, 9.17) is 5.73 Å². The lowest BCUT2D eigenvalue weighted by Gasteiger charge is -2.34. The topological polar surface area (TPSA) is 46.3 Å². The van der Waals surface area contributed by atoms with Crippen LogP contribution in [0.25, 0.3) is 6.08 Å². The molecule has 0 radical (unpaired) electrons. The second kappa shape index (κ2) is 7.04. The van der Waals surface area contributed by atoms with E-state index in [1.807, 2.05) is 42.2 Å². The Balaban J connectivity index is 1.95. The minimum absolute atomic E-state index is 0.0817. The van der Waals surface area contributed by atoms with Crippen molar-refractivity contribution in [1.29, 1.82) is 0 Å². The van der Waals surface area contributed by atoms with Crippen LogP contribution in [0.1, 0.15) is 25.3 Å². The lowest BCUT2D eigenvalue weighted by atomic mass is 9.92. The molecule has 108 valence electrons. The molecule has 0 aromatic heterocycles. The Morgan fingerprint density at radius 2 is 2.15 bits per heavy atom. The molecule has 2 N–H and O–H groups in total. The van der Waals surface area contributed by atoms with E-state index in [-0.39, 0.29) is 11.9 Å². The number of likely N-dealkylation sites (tertiary alicyclic amines) is 1. The molecule has 1 aromatic rings. The zero-order valence-electron chi connectivity index (χ0n) is 11.8. The third-order valence-corrected chi connectivity index (χ3v) is 4.33.